The van der Waals surface area contributed by atoms with Crippen LogP contribution >= 0.6 is 0 Å². The van der Waals surface area contributed by atoms with E-state index >= 15 is 0 Å². The van der Waals surface area contributed by atoms with Gasteiger partial charge in [-0.15, -0.1) is 0 Å². The molecule has 5 aromatic carbocycles. The van der Waals surface area contributed by atoms with Crippen LogP contribution in [0, 0.1) is 0 Å². The summed E-state index contributed by atoms with van der Waals surface area (Å²) in [6, 6.07) is 36.8. The first-order valence-corrected chi connectivity index (χ1v) is 13.0. The second kappa shape index (κ2) is 12.4. The molecular formula is C33H33N3O. The Kier molecular flexibility index (Phi) is 8.34. The molecule has 0 atom stereocenters. The van der Waals surface area contributed by atoms with E-state index < -0.39 is 0 Å². The van der Waals surface area contributed by atoms with E-state index in [4.69, 9.17) is 0 Å². The van der Waals surface area contributed by atoms with Crippen LogP contribution in [-0.4, -0.2) is 32.0 Å². The number of hydrogen-bond donors (Lipinski definition) is 3. The average molecular weight is 488 g/mol. The van der Waals surface area contributed by atoms with Crippen molar-refractivity contribution in [3.05, 3.63) is 131 Å². The van der Waals surface area contributed by atoms with Crippen molar-refractivity contribution in [3.63, 3.8) is 0 Å². The van der Waals surface area contributed by atoms with Crippen molar-refractivity contribution in [1.82, 2.24) is 16.0 Å². The molecule has 0 bridgehead atoms. The van der Waals surface area contributed by atoms with Gasteiger partial charge in [0.25, 0.3) is 0 Å². The molecule has 186 valence electrons. The molecule has 0 saturated heterocycles. The molecule has 37 heavy (non-hydrogen) atoms. The lowest BCUT2D eigenvalue weighted by Gasteiger charge is -2.13. The fourth-order valence-electron chi connectivity index (χ4n) is 4.75. The molecule has 0 aromatic heterocycles. The maximum Gasteiger partial charge on any atom is 0.193 e. The van der Waals surface area contributed by atoms with Crippen LogP contribution in [0.2, 0.25) is 0 Å². The average Bonchev–Trinajstić information content (AvgIpc) is 2.96. The summed E-state index contributed by atoms with van der Waals surface area (Å²) < 4.78 is 0. The molecule has 0 radical (unpaired) electrons. The number of rotatable bonds is 12. The Morgan fingerprint density at radius 1 is 0.514 bits per heavy atom. The van der Waals surface area contributed by atoms with E-state index in [1.807, 2.05) is 54.6 Å². The van der Waals surface area contributed by atoms with Crippen molar-refractivity contribution >= 4 is 27.3 Å². The first-order chi connectivity index (χ1) is 18.3. The molecule has 0 heterocycles. The maximum absolute atomic E-state index is 12.5. The third kappa shape index (κ3) is 6.30. The summed E-state index contributed by atoms with van der Waals surface area (Å²) in [6.45, 7) is 5.26. The number of fused-ring (bicyclic) bond motifs is 2. The van der Waals surface area contributed by atoms with Crippen LogP contribution < -0.4 is 16.0 Å². The molecule has 4 heteroatoms. The van der Waals surface area contributed by atoms with Crippen LogP contribution in [0.4, 0.5) is 0 Å². The predicted octanol–water partition coefficient (Wildman–Crippen LogP) is 5.69. The minimum absolute atomic E-state index is 0.0616. The van der Waals surface area contributed by atoms with Gasteiger partial charge in [-0.05, 0) is 38.7 Å². The summed E-state index contributed by atoms with van der Waals surface area (Å²) in [4.78, 5) is 12.5. The van der Waals surface area contributed by atoms with Crippen molar-refractivity contribution in [1.29, 1.82) is 0 Å². The Balaban J connectivity index is 1.01. The highest BCUT2D eigenvalue weighted by Gasteiger charge is 2.08. The Morgan fingerprint density at radius 2 is 1.03 bits per heavy atom. The Morgan fingerprint density at radius 3 is 1.68 bits per heavy atom. The third-order valence-corrected chi connectivity index (χ3v) is 6.72. The Labute approximate surface area is 218 Å². The molecule has 0 fully saturated rings. The standard InChI is InChI=1S/C33H33N3O/c37-33(26-8-2-1-3-9-26)27-16-14-25(15-17-27)23-35-20-18-34-19-21-36-24-32-30-12-6-4-10-28(30)22-29-11-5-7-13-31(29)32/h1-17,22,34-36H,18-21,23-24H2. The molecule has 0 aliphatic rings. The zero-order valence-corrected chi connectivity index (χ0v) is 21.0. The minimum Gasteiger partial charge on any atom is -0.314 e. The molecular weight excluding hydrogens is 454 g/mol. The largest absolute Gasteiger partial charge is 0.314 e. The van der Waals surface area contributed by atoms with Gasteiger partial charge in [0, 0.05) is 50.4 Å². The molecule has 0 aliphatic carbocycles. The zero-order valence-electron chi connectivity index (χ0n) is 21.0. The van der Waals surface area contributed by atoms with Gasteiger partial charge in [0.2, 0.25) is 0 Å². The monoisotopic (exact) mass is 487 g/mol. The molecule has 0 saturated carbocycles. The fourth-order valence-corrected chi connectivity index (χ4v) is 4.75. The van der Waals surface area contributed by atoms with E-state index in [-0.39, 0.29) is 5.78 Å². The van der Waals surface area contributed by atoms with E-state index in [1.54, 1.807) is 0 Å². The van der Waals surface area contributed by atoms with Crippen LogP contribution in [0.15, 0.2) is 109 Å². The number of benzene rings is 5. The van der Waals surface area contributed by atoms with Gasteiger partial charge >= 0.3 is 0 Å². The van der Waals surface area contributed by atoms with Gasteiger partial charge in [-0.2, -0.15) is 0 Å². The summed E-state index contributed by atoms with van der Waals surface area (Å²) in [5.74, 6) is 0.0616. The quantitative estimate of drug-likeness (QED) is 0.120. The van der Waals surface area contributed by atoms with Gasteiger partial charge in [-0.1, -0.05) is 103 Å². The number of carbonyl (C=O) groups is 1. The normalized spacial score (nSPS) is 11.2. The predicted molar refractivity (Wildman–Crippen MR) is 154 cm³/mol. The second-order valence-corrected chi connectivity index (χ2v) is 9.29. The van der Waals surface area contributed by atoms with E-state index in [1.165, 1.54) is 32.7 Å². The maximum atomic E-state index is 12.5. The van der Waals surface area contributed by atoms with Gasteiger partial charge in [0.1, 0.15) is 0 Å². The van der Waals surface area contributed by atoms with E-state index in [0.717, 1.165) is 50.4 Å². The zero-order chi connectivity index (χ0) is 25.3. The lowest BCUT2D eigenvalue weighted by molar-refractivity contribution is 0.103. The number of hydrogen-bond acceptors (Lipinski definition) is 4. The van der Waals surface area contributed by atoms with Crippen LogP contribution in [0.25, 0.3) is 21.5 Å². The van der Waals surface area contributed by atoms with Gasteiger partial charge in [0.15, 0.2) is 5.78 Å². The molecule has 0 amide bonds. The van der Waals surface area contributed by atoms with Crippen molar-refractivity contribution < 1.29 is 4.79 Å². The van der Waals surface area contributed by atoms with Crippen molar-refractivity contribution in [3.8, 4) is 0 Å². The Hall–Kier alpha value is -3.83. The highest BCUT2D eigenvalue weighted by atomic mass is 16.1. The van der Waals surface area contributed by atoms with Crippen molar-refractivity contribution in [2.24, 2.45) is 0 Å². The van der Waals surface area contributed by atoms with Crippen molar-refractivity contribution in [2.45, 2.75) is 13.1 Å². The number of nitrogens with one attached hydrogen (secondary N) is 3. The number of ketones is 1. The second-order valence-electron chi connectivity index (χ2n) is 9.29. The lowest BCUT2D eigenvalue weighted by atomic mass is 9.97. The molecule has 5 aromatic rings. The summed E-state index contributed by atoms with van der Waals surface area (Å²) in [5, 5.41) is 15.8. The van der Waals surface area contributed by atoms with Crippen LogP contribution in [0.5, 0.6) is 0 Å². The summed E-state index contributed by atoms with van der Waals surface area (Å²) in [6.07, 6.45) is 0. The van der Waals surface area contributed by atoms with E-state index in [9.17, 15) is 4.79 Å². The topological polar surface area (TPSA) is 53.2 Å². The van der Waals surface area contributed by atoms with Crippen LogP contribution in [0.3, 0.4) is 0 Å². The molecule has 0 aliphatic heterocycles. The van der Waals surface area contributed by atoms with Crippen LogP contribution in [0.1, 0.15) is 27.0 Å². The molecule has 0 unspecified atom stereocenters. The first kappa shape index (κ1) is 24.8. The molecule has 3 N–H and O–H groups in total. The first-order valence-electron chi connectivity index (χ1n) is 13.0. The SMILES string of the molecule is O=C(c1ccccc1)c1ccc(CNCCNCCNCc2c3ccccc3cc3ccccc23)cc1. The van der Waals surface area contributed by atoms with Gasteiger partial charge < -0.3 is 16.0 Å². The molecule has 4 nitrogen and oxygen atoms in total. The fraction of sp³-hybridized carbons (Fsp3) is 0.182. The number of carbonyl (C=O) groups excluding carboxylic acids is 1. The molecule has 5 rings (SSSR count). The van der Waals surface area contributed by atoms with Gasteiger partial charge in [-0.3, -0.25) is 4.79 Å². The minimum atomic E-state index is 0.0616. The summed E-state index contributed by atoms with van der Waals surface area (Å²) >= 11 is 0. The summed E-state index contributed by atoms with van der Waals surface area (Å²) in [7, 11) is 0. The highest BCUT2D eigenvalue weighted by molar-refractivity contribution is 6.09. The lowest BCUT2D eigenvalue weighted by Crippen LogP contribution is -2.32. The van der Waals surface area contributed by atoms with Gasteiger partial charge in [-0.25, -0.2) is 0 Å². The van der Waals surface area contributed by atoms with Crippen LogP contribution in [-0.2, 0) is 13.1 Å². The summed E-state index contributed by atoms with van der Waals surface area (Å²) in [5.41, 5.74) is 3.99. The van der Waals surface area contributed by atoms with E-state index in [0.29, 0.717) is 0 Å². The highest BCUT2D eigenvalue weighted by Crippen LogP contribution is 2.28. The Bertz CT molecular complexity index is 1410. The smallest absolute Gasteiger partial charge is 0.193 e. The van der Waals surface area contributed by atoms with Gasteiger partial charge in [0.05, 0.1) is 0 Å². The molecule has 0 spiro atoms. The van der Waals surface area contributed by atoms with E-state index in [2.05, 4.69) is 70.5 Å². The van der Waals surface area contributed by atoms with Crippen molar-refractivity contribution in [2.75, 3.05) is 26.2 Å². The third-order valence-electron chi connectivity index (χ3n) is 6.72.